The van der Waals surface area contributed by atoms with Gasteiger partial charge >= 0.3 is 7.12 Å². The number of fused-ring (bicyclic) bond motifs is 1. The summed E-state index contributed by atoms with van der Waals surface area (Å²) in [5.74, 6) is 0. The predicted molar refractivity (Wildman–Crippen MR) is 83.6 cm³/mol. The van der Waals surface area contributed by atoms with E-state index in [4.69, 9.17) is 20.9 Å². The predicted octanol–water partition coefficient (Wildman–Crippen LogP) is 3.13. The van der Waals surface area contributed by atoms with Crippen LogP contribution in [0.2, 0.25) is 5.02 Å². The van der Waals surface area contributed by atoms with Crippen LogP contribution in [-0.2, 0) is 16.4 Å². The molecule has 3 rings (SSSR count). The van der Waals surface area contributed by atoms with Crippen molar-refractivity contribution in [2.24, 2.45) is 7.05 Å². The zero-order chi connectivity index (χ0) is 14.7. The van der Waals surface area contributed by atoms with E-state index in [1.54, 1.807) is 0 Å². The van der Waals surface area contributed by atoms with Crippen molar-refractivity contribution in [3.8, 4) is 0 Å². The highest BCUT2D eigenvalue weighted by molar-refractivity contribution is 6.62. The van der Waals surface area contributed by atoms with Crippen molar-refractivity contribution in [1.29, 1.82) is 0 Å². The van der Waals surface area contributed by atoms with Gasteiger partial charge in [-0.1, -0.05) is 23.7 Å². The molecule has 1 aromatic carbocycles. The number of benzene rings is 1. The molecule has 1 fully saturated rings. The molecule has 0 radical (unpaired) electrons. The number of hydrogen-bond donors (Lipinski definition) is 0. The molecule has 1 aliphatic rings. The van der Waals surface area contributed by atoms with Crippen molar-refractivity contribution in [3.05, 3.63) is 29.4 Å². The van der Waals surface area contributed by atoms with Gasteiger partial charge in [0.25, 0.3) is 0 Å². The summed E-state index contributed by atoms with van der Waals surface area (Å²) in [6, 6.07) is 6.14. The minimum atomic E-state index is -0.335. The van der Waals surface area contributed by atoms with E-state index in [2.05, 4.69) is 33.8 Å². The summed E-state index contributed by atoms with van der Waals surface area (Å²) in [7, 11) is 1.65. The first-order chi connectivity index (χ1) is 9.21. The maximum Gasteiger partial charge on any atom is 0.494 e. The lowest BCUT2D eigenvalue weighted by atomic mass is 9.79. The Morgan fingerprint density at radius 3 is 2.30 bits per heavy atom. The third-order valence-corrected chi connectivity index (χ3v) is 4.79. The van der Waals surface area contributed by atoms with Gasteiger partial charge < -0.3 is 13.9 Å². The van der Waals surface area contributed by atoms with Crippen LogP contribution >= 0.6 is 11.6 Å². The SMILES string of the molecule is Cn1cc(Cl)c2ccc(B3OC(C)(C)C(C)(C)O3)cc21. The number of nitrogens with zero attached hydrogens (tertiary/aromatic N) is 1. The fourth-order valence-electron chi connectivity index (χ4n) is 2.48. The van der Waals surface area contributed by atoms with Crippen LogP contribution in [0.5, 0.6) is 0 Å². The standard InChI is InChI=1S/C15H19BClNO2/c1-14(2)15(3,4)20-16(19-14)10-6-7-11-12(17)9-18(5)13(11)8-10/h6-9H,1-5H3. The van der Waals surface area contributed by atoms with Gasteiger partial charge in [0.2, 0.25) is 0 Å². The van der Waals surface area contributed by atoms with Gasteiger partial charge in [-0.3, -0.25) is 0 Å². The largest absolute Gasteiger partial charge is 0.494 e. The molecule has 20 heavy (non-hydrogen) atoms. The maximum absolute atomic E-state index is 6.20. The van der Waals surface area contributed by atoms with E-state index in [-0.39, 0.29) is 18.3 Å². The van der Waals surface area contributed by atoms with Crippen LogP contribution < -0.4 is 5.46 Å². The van der Waals surface area contributed by atoms with Crippen molar-refractivity contribution < 1.29 is 9.31 Å². The highest BCUT2D eigenvalue weighted by atomic mass is 35.5. The van der Waals surface area contributed by atoms with Crippen LogP contribution in [0.25, 0.3) is 10.9 Å². The summed E-state index contributed by atoms with van der Waals surface area (Å²) < 4.78 is 14.2. The Balaban J connectivity index is 2.02. The van der Waals surface area contributed by atoms with E-state index in [0.29, 0.717) is 0 Å². The molecule has 0 bridgehead atoms. The molecule has 0 amide bonds. The highest BCUT2D eigenvalue weighted by Crippen LogP contribution is 2.36. The van der Waals surface area contributed by atoms with E-state index < -0.39 is 0 Å². The van der Waals surface area contributed by atoms with Gasteiger partial charge in [0.1, 0.15) is 0 Å². The zero-order valence-corrected chi connectivity index (χ0v) is 13.3. The molecule has 0 N–H and O–H groups in total. The topological polar surface area (TPSA) is 23.4 Å². The van der Waals surface area contributed by atoms with E-state index in [1.165, 1.54) is 0 Å². The van der Waals surface area contributed by atoms with Gasteiger partial charge in [-0.05, 0) is 39.2 Å². The van der Waals surface area contributed by atoms with Gasteiger partial charge in [-0.25, -0.2) is 0 Å². The number of rotatable bonds is 1. The van der Waals surface area contributed by atoms with Crippen LogP contribution in [0.3, 0.4) is 0 Å². The smallest absolute Gasteiger partial charge is 0.399 e. The Kier molecular flexibility index (Phi) is 2.98. The molecule has 0 aliphatic carbocycles. The normalized spacial score (nSPS) is 20.8. The highest BCUT2D eigenvalue weighted by Gasteiger charge is 2.51. The summed E-state index contributed by atoms with van der Waals surface area (Å²) >= 11 is 6.20. The summed E-state index contributed by atoms with van der Waals surface area (Å²) in [6.07, 6.45) is 1.92. The molecule has 1 aliphatic heterocycles. The molecule has 5 heteroatoms. The summed E-state index contributed by atoms with van der Waals surface area (Å²) in [6.45, 7) is 8.24. The first-order valence-electron chi connectivity index (χ1n) is 6.81. The lowest BCUT2D eigenvalue weighted by molar-refractivity contribution is 0.00578. The van der Waals surface area contributed by atoms with Gasteiger partial charge in [0, 0.05) is 24.1 Å². The number of aryl methyl sites for hydroxylation is 1. The molecule has 0 saturated carbocycles. The van der Waals surface area contributed by atoms with Gasteiger partial charge in [-0.15, -0.1) is 0 Å². The van der Waals surface area contributed by atoms with Gasteiger partial charge in [0.05, 0.1) is 16.2 Å². The fraction of sp³-hybridized carbons (Fsp3) is 0.467. The second-order valence-corrected chi connectivity index (χ2v) is 6.86. The Morgan fingerprint density at radius 1 is 1.10 bits per heavy atom. The molecule has 0 unspecified atom stereocenters. The molecule has 0 spiro atoms. The Labute approximate surface area is 125 Å². The second kappa shape index (κ2) is 4.26. The van der Waals surface area contributed by atoms with Gasteiger partial charge in [-0.2, -0.15) is 0 Å². The van der Waals surface area contributed by atoms with Gasteiger partial charge in [0.15, 0.2) is 0 Å². The molecule has 2 heterocycles. The molecule has 0 atom stereocenters. The van der Waals surface area contributed by atoms with Crippen LogP contribution in [0, 0.1) is 0 Å². The summed E-state index contributed by atoms with van der Waals surface area (Å²) in [4.78, 5) is 0. The minimum Gasteiger partial charge on any atom is -0.399 e. The molecule has 106 valence electrons. The fourth-order valence-corrected chi connectivity index (χ4v) is 2.78. The van der Waals surface area contributed by atoms with Crippen molar-refractivity contribution in [3.63, 3.8) is 0 Å². The maximum atomic E-state index is 6.20. The van der Waals surface area contributed by atoms with E-state index in [1.807, 2.05) is 29.9 Å². The third-order valence-electron chi connectivity index (χ3n) is 4.49. The summed E-state index contributed by atoms with van der Waals surface area (Å²) in [5.41, 5.74) is 1.47. The number of aromatic nitrogens is 1. The monoisotopic (exact) mass is 291 g/mol. The van der Waals surface area contributed by atoms with E-state index in [0.717, 1.165) is 21.4 Å². The zero-order valence-electron chi connectivity index (χ0n) is 12.5. The van der Waals surface area contributed by atoms with Crippen molar-refractivity contribution in [2.45, 2.75) is 38.9 Å². The lowest BCUT2D eigenvalue weighted by Crippen LogP contribution is -2.41. The second-order valence-electron chi connectivity index (χ2n) is 6.45. The van der Waals surface area contributed by atoms with Crippen molar-refractivity contribution >= 4 is 35.1 Å². The summed E-state index contributed by atoms with van der Waals surface area (Å²) in [5, 5.41) is 1.82. The first-order valence-corrected chi connectivity index (χ1v) is 7.19. The molecular weight excluding hydrogens is 272 g/mol. The molecule has 3 nitrogen and oxygen atoms in total. The van der Waals surface area contributed by atoms with E-state index >= 15 is 0 Å². The van der Waals surface area contributed by atoms with Crippen molar-refractivity contribution in [1.82, 2.24) is 4.57 Å². The average molecular weight is 292 g/mol. The van der Waals surface area contributed by atoms with Crippen LogP contribution in [0.15, 0.2) is 24.4 Å². The van der Waals surface area contributed by atoms with E-state index in [9.17, 15) is 0 Å². The quantitative estimate of drug-likeness (QED) is 0.754. The van der Waals surface area contributed by atoms with Crippen molar-refractivity contribution in [2.75, 3.05) is 0 Å². The number of hydrogen-bond acceptors (Lipinski definition) is 2. The number of halogens is 1. The minimum absolute atomic E-state index is 0.321. The Hall–Kier alpha value is -0.965. The third kappa shape index (κ3) is 1.98. The first kappa shape index (κ1) is 14.0. The molecular formula is C15H19BClNO2. The Morgan fingerprint density at radius 2 is 1.70 bits per heavy atom. The lowest BCUT2D eigenvalue weighted by Gasteiger charge is -2.32. The van der Waals surface area contributed by atoms with Crippen LogP contribution in [0.4, 0.5) is 0 Å². The molecule has 2 aromatic rings. The Bertz CT molecular complexity index is 662. The van der Waals surface area contributed by atoms with Crippen LogP contribution in [0.1, 0.15) is 27.7 Å². The van der Waals surface area contributed by atoms with Crippen LogP contribution in [-0.4, -0.2) is 22.9 Å². The average Bonchev–Trinajstić information content (AvgIpc) is 2.74. The molecule has 1 aromatic heterocycles. The molecule has 1 saturated heterocycles.